The third kappa shape index (κ3) is 4.35. The van der Waals surface area contributed by atoms with Crippen molar-refractivity contribution in [1.82, 2.24) is 0 Å². The maximum atomic E-state index is 5.94. The maximum absolute atomic E-state index is 5.94. The van der Waals surface area contributed by atoms with Crippen LogP contribution >= 0.6 is 11.6 Å². The van der Waals surface area contributed by atoms with Gasteiger partial charge in [0.2, 0.25) is 0 Å². The second kappa shape index (κ2) is 7.06. The summed E-state index contributed by atoms with van der Waals surface area (Å²) in [7, 11) is 0. The highest BCUT2D eigenvalue weighted by Gasteiger charge is 2.02. The summed E-state index contributed by atoms with van der Waals surface area (Å²) >= 11 is 5.94. The van der Waals surface area contributed by atoms with Gasteiger partial charge in [-0.3, -0.25) is 0 Å². The van der Waals surface area contributed by atoms with E-state index in [1.165, 1.54) is 0 Å². The number of rotatable bonds is 6. The van der Waals surface area contributed by atoms with Gasteiger partial charge in [0.05, 0.1) is 6.61 Å². The summed E-state index contributed by atoms with van der Waals surface area (Å²) in [6.07, 6.45) is 0.952. The summed E-state index contributed by atoms with van der Waals surface area (Å²) in [6.45, 7) is 3.16. The van der Waals surface area contributed by atoms with Crippen LogP contribution in [-0.4, -0.2) is 6.61 Å². The number of halogens is 1. The Labute approximate surface area is 124 Å². The molecule has 0 amide bonds. The SMILES string of the molecule is CCCOc1cc(N)cc(OCc2cccc(Cl)c2)c1. The van der Waals surface area contributed by atoms with Crippen molar-refractivity contribution in [2.45, 2.75) is 20.0 Å². The molecule has 20 heavy (non-hydrogen) atoms. The molecule has 0 saturated carbocycles. The molecule has 0 aliphatic heterocycles. The molecule has 0 fully saturated rings. The van der Waals surface area contributed by atoms with Crippen LogP contribution in [0.1, 0.15) is 18.9 Å². The molecule has 0 spiro atoms. The topological polar surface area (TPSA) is 44.5 Å². The molecule has 4 heteroatoms. The van der Waals surface area contributed by atoms with Gasteiger partial charge in [0, 0.05) is 28.9 Å². The Hall–Kier alpha value is -1.87. The number of nitrogens with two attached hydrogens (primary N) is 1. The van der Waals surface area contributed by atoms with Crippen molar-refractivity contribution in [3.8, 4) is 11.5 Å². The lowest BCUT2D eigenvalue weighted by Crippen LogP contribution is -1.99. The predicted octanol–water partition coefficient (Wildman–Crippen LogP) is 4.29. The first kappa shape index (κ1) is 14.5. The Bertz CT molecular complexity index is 572. The van der Waals surface area contributed by atoms with Crippen LogP contribution in [0, 0.1) is 0 Å². The molecule has 106 valence electrons. The number of ether oxygens (including phenoxy) is 2. The molecular formula is C16H18ClNO2. The van der Waals surface area contributed by atoms with Gasteiger partial charge in [-0.2, -0.15) is 0 Å². The van der Waals surface area contributed by atoms with Crippen molar-refractivity contribution in [1.29, 1.82) is 0 Å². The first-order valence-electron chi connectivity index (χ1n) is 6.58. The molecule has 0 bridgehead atoms. The molecule has 0 radical (unpaired) electrons. The standard InChI is InChI=1S/C16H18ClNO2/c1-2-6-19-15-8-14(18)9-16(10-15)20-11-12-4-3-5-13(17)7-12/h3-5,7-10H,2,6,11,18H2,1H3. The summed E-state index contributed by atoms with van der Waals surface area (Å²) in [6, 6.07) is 13.0. The van der Waals surface area contributed by atoms with Gasteiger partial charge in [-0.05, 0) is 24.1 Å². The predicted molar refractivity (Wildman–Crippen MR) is 82.4 cm³/mol. The van der Waals surface area contributed by atoms with E-state index < -0.39 is 0 Å². The van der Waals surface area contributed by atoms with Crippen molar-refractivity contribution in [3.05, 3.63) is 53.1 Å². The average Bonchev–Trinajstić information content (AvgIpc) is 2.42. The fourth-order valence-electron chi connectivity index (χ4n) is 1.77. The normalized spacial score (nSPS) is 10.3. The van der Waals surface area contributed by atoms with Gasteiger partial charge in [0.1, 0.15) is 18.1 Å². The second-order valence-corrected chi connectivity index (χ2v) is 4.94. The van der Waals surface area contributed by atoms with Crippen LogP contribution in [-0.2, 0) is 6.61 Å². The third-order valence-corrected chi connectivity index (χ3v) is 2.90. The van der Waals surface area contributed by atoms with Crippen LogP contribution in [0.5, 0.6) is 11.5 Å². The quantitative estimate of drug-likeness (QED) is 0.808. The van der Waals surface area contributed by atoms with Crippen molar-refractivity contribution in [3.63, 3.8) is 0 Å². The molecule has 2 N–H and O–H groups in total. The van der Waals surface area contributed by atoms with Crippen LogP contribution in [0.15, 0.2) is 42.5 Å². The first-order valence-corrected chi connectivity index (χ1v) is 6.96. The highest BCUT2D eigenvalue weighted by atomic mass is 35.5. The molecule has 0 saturated heterocycles. The monoisotopic (exact) mass is 291 g/mol. The molecule has 0 unspecified atom stereocenters. The summed E-state index contributed by atoms with van der Waals surface area (Å²) in [5, 5.41) is 0.700. The lowest BCUT2D eigenvalue weighted by atomic mass is 10.2. The first-order chi connectivity index (χ1) is 9.67. The number of hydrogen-bond donors (Lipinski definition) is 1. The average molecular weight is 292 g/mol. The molecular weight excluding hydrogens is 274 g/mol. The van der Waals surface area contributed by atoms with E-state index in [4.69, 9.17) is 26.8 Å². The number of hydrogen-bond acceptors (Lipinski definition) is 3. The van der Waals surface area contributed by atoms with Gasteiger partial charge >= 0.3 is 0 Å². The van der Waals surface area contributed by atoms with E-state index in [1.54, 1.807) is 12.1 Å². The number of nitrogen functional groups attached to an aromatic ring is 1. The van der Waals surface area contributed by atoms with Crippen LogP contribution in [0.2, 0.25) is 5.02 Å². The zero-order valence-corrected chi connectivity index (χ0v) is 12.2. The van der Waals surface area contributed by atoms with E-state index in [2.05, 4.69) is 6.92 Å². The van der Waals surface area contributed by atoms with Gasteiger partial charge in [-0.25, -0.2) is 0 Å². The zero-order chi connectivity index (χ0) is 14.4. The minimum absolute atomic E-state index is 0.442. The summed E-state index contributed by atoms with van der Waals surface area (Å²) < 4.78 is 11.3. The summed E-state index contributed by atoms with van der Waals surface area (Å²) in [5.41, 5.74) is 7.48. The van der Waals surface area contributed by atoms with Crippen molar-refractivity contribution in [2.24, 2.45) is 0 Å². The van der Waals surface area contributed by atoms with E-state index in [9.17, 15) is 0 Å². The van der Waals surface area contributed by atoms with Gasteiger partial charge < -0.3 is 15.2 Å². The zero-order valence-electron chi connectivity index (χ0n) is 11.4. The summed E-state index contributed by atoms with van der Waals surface area (Å²) in [4.78, 5) is 0. The number of anilines is 1. The molecule has 3 nitrogen and oxygen atoms in total. The van der Waals surface area contributed by atoms with E-state index in [0.29, 0.717) is 29.7 Å². The highest BCUT2D eigenvalue weighted by molar-refractivity contribution is 6.30. The van der Waals surface area contributed by atoms with Gasteiger partial charge in [-0.1, -0.05) is 30.7 Å². The second-order valence-electron chi connectivity index (χ2n) is 4.50. The lowest BCUT2D eigenvalue weighted by Gasteiger charge is -2.10. The molecule has 2 rings (SSSR count). The van der Waals surface area contributed by atoms with E-state index in [1.807, 2.05) is 30.3 Å². The number of benzene rings is 2. The van der Waals surface area contributed by atoms with Crippen LogP contribution in [0.3, 0.4) is 0 Å². The van der Waals surface area contributed by atoms with E-state index in [-0.39, 0.29) is 0 Å². The molecule has 0 heterocycles. The van der Waals surface area contributed by atoms with E-state index in [0.717, 1.165) is 17.7 Å². The van der Waals surface area contributed by atoms with Crippen LogP contribution in [0.25, 0.3) is 0 Å². The Morgan fingerprint density at radius 1 is 1.05 bits per heavy atom. The van der Waals surface area contributed by atoms with Gasteiger partial charge in [0.15, 0.2) is 0 Å². The Kier molecular flexibility index (Phi) is 5.13. The third-order valence-electron chi connectivity index (χ3n) is 2.67. The minimum atomic E-state index is 0.442. The molecule has 0 aliphatic carbocycles. The fourth-order valence-corrected chi connectivity index (χ4v) is 1.99. The van der Waals surface area contributed by atoms with Crippen molar-refractivity contribution < 1.29 is 9.47 Å². The van der Waals surface area contributed by atoms with Crippen LogP contribution in [0.4, 0.5) is 5.69 Å². The minimum Gasteiger partial charge on any atom is -0.493 e. The Morgan fingerprint density at radius 3 is 2.50 bits per heavy atom. The van der Waals surface area contributed by atoms with Crippen LogP contribution < -0.4 is 15.2 Å². The highest BCUT2D eigenvalue weighted by Crippen LogP contribution is 2.25. The smallest absolute Gasteiger partial charge is 0.125 e. The molecule has 0 aromatic heterocycles. The maximum Gasteiger partial charge on any atom is 0.125 e. The Balaban J connectivity index is 2.03. The summed E-state index contributed by atoms with van der Waals surface area (Å²) in [5.74, 6) is 1.42. The fraction of sp³-hybridized carbons (Fsp3) is 0.250. The molecule has 0 atom stereocenters. The molecule has 2 aromatic rings. The van der Waals surface area contributed by atoms with E-state index >= 15 is 0 Å². The largest absolute Gasteiger partial charge is 0.493 e. The molecule has 2 aromatic carbocycles. The van der Waals surface area contributed by atoms with Gasteiger partial charge in [-0.15, -0.1) is 0 Å². The lowest BCUT2D eigenvalue weighted by molar-refractivity contribution is 0.295. The van der Waals surface area contributed by atoms with Gasteiger partial charge in [0.25, 0.3) is 0 Å². The molecule has 0 aliphatic rings. The van der Waals surface area contributed by atoms with Crippen molar-refractivity contribution >= 4 is 17.3 Å². The van der Waals surface area contributed by atoms with Crippen molar-refractivity contribution in [2.75, 3.05) is 12.3 Å². The Morgan fingerprint density at radius 2 is 1.80 bits per heavy atom.